The fourth-order valence-electron chi connectivity index (χ4n) is 2.59. The van der Waals surface area contributed by atoms with Crippen molar-refractivity contribution in [1.82, 2.24) is 4.90 Å². The number of hydrogen-bond donors (Lipinski definition) is 1. The standard InChI is InChI=1S/C12H22N2O2/c1-9(7-10(2)15)14(8-12(13)16)11-5-3-4-6-11/h9,11H,3-8H2,1-2H3,(H2,13,16). The Morgan fingerprint density at radius 3 is 2.38 bits per heavy atom. The molecule has 0 aromatic carbocycles. The fraction of sp³-hybridized carbons (Fsp3) is 0.833. The minimum atomic E-state index is -0.303. The minimum absolute atomic E-state index is 0.119. The Kier molecular flexibility index (Phi) is 4.93. The number of carbonyl (C=O) groups excluding carboxylic acids is 2. The SMILES string of the molecule is CC(=O)CC(C)N(CC(N)=O)C1CCCC1. The van der Waals surface area contributed by atoms with Crippen LogP contribution in [0, 0.1) is 0 Å². The number of ketones is 1. The van der Waals surface area contributed by atoms with E-state index in [1.54, 1.807) is 6.92 Å². The Hall–Kier alpha value is -0.900. The van der Waals surface area contributed by atoms with Gasteiger partial charge in [-0.05, 0) is 26.7 Å². The maximum atomic E-state index is 11.1. The van der Waals surface area contributed by atoms with Gasteiger partial charge in [0, 0.05) is 18.5 Å². The van der Waals surface area contributed by atoms with Crippen LogP contribution in [-0.4, -0.2) is 35.2 Å². The van der Waals surface area contributed by atoms with Crippen LogP contribution in [0.5, 0.6) is 0 Å². The Labute approximate surface area is 97.2 Å². The summed E-state index contributed by atoms with van der Waals surface area (Å²) in [6.45, 7) is 3.87. The van der Waals surface area contributed by atoms with Crippen molar-refractivity contribution >= 4 is 11.7 Å². The molecule has 0 aromatic rings. The van der Waals surface area contributed by atoms with Gasteiger partial charge >= 0.3 is 0 Å². The van der Waals surface area contributed by atoms with Gasteiger partial charge < -0.3 is 5.73 Å². The molecule has 92 valence electrons. The van der Waals surface area contributed by atoms with E-state index in [4.69, 9.17) is 5.73 Å². The van der Waals surface area contributed by atoms with Crippen LogP contribution < -0.4 is 5.73 Å². The van der Waals surface area contributed by atoms with Crippen LogP contribution in [0.4, 0.5) is 0 Å². The first-order valence-corrected chi connectivity index (χ1v) is 6.04. The van der Waals surface area contributed by atoms with Crippen LogP contribution in [0.1, 0.15) is 46.0 Å². The van der Waals surface area contributed by atoms with Gasteiger partial charge in [-0.2, -0.15) is 0 Å². The smallest absolute Gasteiger partial charge is 0.231 e. The van der Waals surface area contributed by atoms with Crippen molar-refractivity contribution in [3.8, 4) is 0 Å². The van der Waals surface area contributed by atoms with E-state index in [-0.39, 0.29) is 24.3 Å². The number of amides is 1. The molecule has 1 saturated carbocycles. The van der Waals surface area contributed by atoms with Gasteiger partial charge in [0.2, 0.25) is 5.91 Å². The molecule has 0 saturated heterocycles. The average Bonchev–Trinajstić information content (AvgIpc) is 2.64. The highest BCUT2D eigenvalue weighted by molar-refractivity contribution is 5.77. The Morgan fingerprint density at radius 2 is 1.94 bits per heavy atom. The first kappa shape index (κ1) is 13.2. The van der Waals surface area contributed by atoms with Gasteiger partial charge in [0.25, 0.3) is 0 Å². The summed E-state index contributed by atoms with van der Waals surface area (Å²) in [4.78, 5) is 24.3. The van der Waals surface area contributed by atoms with Crippen molar-refractivity contribution in [2.45, 2.75) is 58.0 Å². The molecule has 16 heavy (non-hydrogen) atoms. The number of nitrogens with zero attached hydrogens (tertiary/aromatic N) is 1. The number of nitrogens with two attached hydrogens (primary N) is 1. The molecule has 0 radical (unpaired) electrons. The highest BCUT2D eigenvalue weighted by Gasteiger charge is 2.27. The third kappa shape index (κ3) is 3.93. The normalized spacial score (nSPS) is 18.9. The summed E-state index contributed by atoms with van der Waals surface area (Å²) in [5, 5.41) is 0. The van der Waals surface area contributed by atoms with Crippen molar-refractivity contribution in [1.29, 1.82) is 0 Å². The summed E-state index contributed by atoms with van der Waals surface area (Å²) in [6.07, 6.45) is 5.17. The molecular weight excluding hydrogens is 204 g/mol. The molecule has 1 unspecified atom stereocenters. The van der Waals surface area contributed by atoms with Crippen molar-refractivity contribution in [2.24, 2.45) is 5.73 Å². The molecule has 1 fully saturated rings. The van der Waals surface area contributed by atoms with E-state index in [0.717, 1.165) is 12.8 Å². The van der Waals surface area contributed by atoms with Crippen molar-refractivity contribution < 1.29 is 9.59 Å². The molecule has 1 aliphatic rings. The summed E-state index contributed by atoms with van der Waals surface area (Å²) in [7, 11) is 0. The van der Waals surface area contributed by atoms with E-state index in [1.165, 1.54) is 12.8 Å². The Balaban J connectivity index is 2.61. The molecule has 0 aliphatic heterocycles. The number of rotatable bonds is 6. The lowest BCUT2D eigenvalue weighted by Crippen LogP contribution is -2.46. The highest BCUT2D eigenvalue weighted by atomic mass is 16.1. The predicted octanol–water partition coefficient (Wildman–Crippen LogP) is 1.08. The van der Waals surface area contributed by atoms with Crippen molar-refractivity contribution in [3.63, 3.8) is 0 Å². The Bertz CT molecular complexity index is 260. The fourth-order valence-corrected chi connectivity index (χ4v) is 2.59. The minimum Gasteiger partial charge on any atom is -0.369 e. The summed E-state index contributed by atoms with van der Waals surface area (Å²) < 4.78 is 0. The lowest BCUT2D eigenvalue weighted by atomic mass is 10.1. The third-order valence-corrected chi connectivity index (χ3v) is 3.28. The molecule has 0 aromatic heterocycles. The van der Waals surface area contributed by atoms with E-state index >= 15 is 0 Å². The van der Waals surface area contributed by atoms with Gasteiger partial charge in [-0.3, -0.25) is 14.5 Å². The average molecular weight is 226 g/mol. The number of carbonyl (C=O) groups is 2. The number of hydrogen-bond acceptors (Lipinski definition) is 3. The first-order chi connectivity index (χ1) is 7.50. The van der Waals surface area contributed by atoms with E-state index in [1.807, 2.05) is 6.92 Å². The molecule has 4 nitrogen and oxygen atoms in total. The van der Waals surface area contributed by atoms with E-state index in [9.17, 15) is 9.59 Å². The van der Waals surface area contributed by atoms with E-state index < -0.39 is 0 Å². The van der Waals surface area contributed by atoms with E-state index in [2.05, 4.69) is 4.90 Å². The monoisotopic (exact) mass is 226 g/mol. The third-order valence-electron chi connectivity index (χ3n) is 3.28. The molecule has 0 heterocycles. The maximum Gasteiger partial charge on any atom is 0.231 e. The van der Waals surface area contributed by atoms with Crippen LogP contribution in [0.3, 0.4) is 0 Å². The van der Waals surface area contributed by atoms with Gasteiger partial charge in [-0.1, -0.05) is 12.8 Å². The second-order valence-electron chi connectivity index (χ2n) is 4.83. The molecule has 0 spiro atoms. The zero-order valence-corrected chi connectivity index (χ0v) is 10.2. The molecule has 0 bridgehead atoms. The lowest BCUT2D eigenvalue weighted by Gasteiger charge is -2.33. The van der Waals surface area contributed by atoms with Crippen molar-refractivity contribution in [3.05, 3.63) is 0 Å². The summed E-state index contributed by atoms with van der Waals surface area (Å²) in [5.74, 6) is -0.137. The van der Waals surface area contributed by atoms with Crippen molar-refractivity contribution in [2.75, 3.05) is 6.54 Å². The zero-order chi connectivity index (χ0) is 12.1. The molecule has 1 aliphatic carbocycles. The van der Waals surface area contributed by atoms with Crippen LogP contribution in [0.15, 0.2) is 0 Å². The van der Waals surface area contributed by atoms with Gasteiger partial charge in [-0.15, -0.1) is 0 Å². The lowest BCUT2D eigenvalue weighted by molar-refractivity contribution is -0.122. The molecule has 1 atom stereocenters. The molecular formula is C12H22N2O2. The van der Waals surface area contributed by atoms with Crippen LogP contribution >= 0.6 is 0 Å². The molecule has 1 amide bonds. The predicted molar refractivity (Wildman–Crippen MR) is 62.9 cm³/mol. The topological polar surface area (TPSA) is 63.4 Å². The Morgan fingerprint density at radius 1 is 1.38 bits per heavy atom. The number of Topliss-reactive ketones (excluding diaryl/α,β-unsaturated/α-hetero) is 1. The second kappa shape index (κ2) is 5.99. The summed E-state index contributed by atoms with van der Waals surface area (Å²) in [6, 6.07) is 0.551. The van der Waals surface area contributed by atoms with Crippen LogP contribution in [0.25, 0.3) is 0 Å². The quantitative estimate of drug-likeness (QED) is 0.737. The van der Waals surface area contributed by atoms with E-state index in [0.29, 0.717) is 12.5 Å². The largest absolute Gasteiger partial charge is 0.369 e. The number of primary amides is 1. The van der Waals surface area contributed by atoms with Gasteiger partial charge in [0.1, 0.15) is 5.78 Å². The first-order valence-electron chi connectivity index (χ1n) is 6.04. The summed E-state index contributed by atoms with van der Waals surface area (Å²) >= 11 is 0. The van der Waals surface area contributed by atoms with Gasteiger partial charge in [0.15, 0.2) is 0 Å². The van der Waals surface area contributed by atoms with Crippen LogP contribution in [-0.2, 0) is 9.59 Å². The molecule has 4 heteroatoms. The maximum absolute atomic E-state index is 11.1. The zero-order valence-electron chi connectivity index (χ0n) is 10.2. The second-order valence-corrected chi connectivity index (χ2v) is 4.83. The van der Waals surface area contributed by atoms with Gasteiger partial charge in [-0.25, -0.2) is 0 Å². The van der Waals surface area contributed by atoms with Crippen LogP contribution in [0.2, 0.25) is 0 Å². The summed E-state index contributed by atoms with van der Waals surface area (Å²) in [5.41, 5.74) is 5.26. The molecule has 1 rings (SSSR count). The molecule has 2 N–H and O–H groups in total. The van der Waals surface area contributed by atoms with Gasteiger partial charge in [0.05, 0.1) is 6.54 Å². The highest BCUT2D eigenvalue weighted by Crippen LogP contribution is 2.25.